The maximum atomic E-state index is 12.6. The van der Waals surface area contributed by atoms with E-state index < -0.39 is 6.10 Å². The summed E-state index contributed by atoms with van der Waals surface area (Å²) in [6.45, 7) is 3.15. The number of carbonyl (C=O) groups is 2. The van der Waals surface area contributed by atoms with E-state index in [9.17, 15) is 9.59 Å². The molecule has 1 atom stereocenters. The molecule has 2 fully saturated rings. The summed E-state index contributed by atoms with van der Waals surface area (Å²) in [4.78, 5) is 29.0. The Balaban J connectivity index is 1.48. The van der Waals surface area contributed by atoms with Gasteiger partial charge in [-0.3, -0.25) is 4.79 Å². The molecule has 26 heavy (non-hydrogen) atoms. The number of benzene rings is 1. The average molecular weight is 359 g/mol. The van der Waals surface area contributed by atoms with Gasteiger partial charge in [-0.05, 0) is 37.7 Å². The molecule has 2 aliphatic rings. The molecule has 0 saturated carbocycles. The third kappa shape index (κ3) is 4.55. The molecular formula is C20H29N3O3. The highest BCUT2D eigenvalue weighted by molar-refractivity contribution is 5.82. The number of carbonyl (C=O) groups excluding carboxylic acids is 2. The van der Waals surface area contributed by atoms with E-state index in [1.165, 1.54) is 6.42 Å². The van der Waals surface area contributed by atoms with Crippen molar-refractivity contribution in [3.05, 3.63) is 35.9 Å². The van der Waals surface area contributed by atoms with Gasteiger partial charge >= 0.3 is 6.03 Å². The molecule has 0 bridgehead atoms. The fourth-order valence-corrected chi connectivity index (χ4v) is 3.80. The van der Waals surface area contributed by atoms with E-state index in [1.807, 2.05) is 40.1 Å². The number of hydrogen-bond acceptors (Lipinski definition) is 3. The maximum Gasteiger partial charge on any atom is 0.319 e. The van der Waals surface area contributed by atoms with Crippen LogP contribution in [0.25, 0.3) is 0 Å². The first-order valence-electron chi connectivity index (χ1n) is 9.61. The summed E-state index contributed by atoms with van der Waals surface area (Å²) < 4.78 is 5.40. The lowest BCUT2D eigenvalue weighted by Crippen LogP contribution is -2.52. The number of nitrogens with one attached hydrogen (secondary N) is 1. The van der Waals surface area contributed by atoms with Gasteiger partial charge in [0.25, 0.3) is 5.91 Å². The lowest BCUT2D eigenvalue weighted by Gasteiger charge is -2.37. The molecule has 2 saturated heterocycles. The van der Waals surface area contributed by atoms with Crippen molar-refractivity contribution in [3.63, 3.8) is 0 Å². The van der Waals surface area contributed by atoms with Gasteiger partial charge in [0, 0.05) is 39.3 Å². The molecule has 1 N–H and O–H groups in total. The normalized spacial score (nSPS) is 19.9. The number of piperidine rings is 2. The van der Waals surface area contributed by atoms with E-state index >= 15 is 0 Å². The lowest BCUT2D eigenvalue weighted by molar-refractivity contribution is -0.132. The number of likely N-dealkylation sites (tertiary alicyclic amines) is 2. The van der Waals surface area contributed by atoms with Crippen LogP contribution in [0, 0.1) is 0 Å². The van der Waals surface area contributed by atoms with Crippen molar-refractivity contribution in [2.75, 3.05) is 33.3 Å². The number of rotatable bonds is 4. The van der Waals surface area contributed by atoms with Gasteiger partial charge in [0.1, 0.15) is 0 Å². The Morgan fingerprint density at radius 3 is 2.23 bits per heavy atom. The fraction of sp³-hybridized carbons (Fsp3) is 0.600. The number of methoxy groups -OCH3 is 1. The molecule has 6 heteroatoms. The molecule has 1 aromatic rings. The minimum Gasteiger partial charge on any atom is -0.367 e. The van der Waals surface area contributed by atoms with Crippen LogP contribution in [0.1, 0.15) is 43.8 Å². The van der Waals surface area contributed by atoms with Gasteiger partial charge in [0.2, 0.25) is 0 Å². The van der Waals surface area contributed by atoms with Crippen LogP contribution >= 0.6 is 0 Å². The Labute approximate surface area is 155 Å². The third-order valence-corrected chi connectivity index (χ3v) is 5.31. The lowest BCUT2D eigenvalue weighted by atomic mass is 10.0. The van der Waals surface area contributed by atoms with Crippen molar-refractivity contribution < 1.29 is 14.3 Å². The highest BCUT2D eigenvalue weighted by atomic mass is 16.5. The predicted octanol–water partition coefficient (Wildman–Crippen LogP) is 2.56. The van der Waals surface area contributed by atoms with Gasteiger partial charge in [-0.15, -0.1) is 0 Å². The molecule has 0 aromatic heterocycles. The summed E-state index contributed by atoms with van der Waals surface area (Å²) in [6, 6.07) is 9.77. The Morgan fingerprint density at radius 2 is 1.62 bits per heavy atom. The van der Waals surface area contributed by atoms with Gasteiger partial charge < -0.3 is 19.9 Å². The molecule has 1 aromatic carbocycles. The van der Waals surface area contributed by atoms with Crippen LogP contribution in [-0.2, 0) is 9.53 Å². The molecule has 3 rings (SSSR count). The summed E-state index contributed by atoms with van der Waals surface area (Å²) in [5.74, 6) is -0.112. The summed E-state index contributed by atoms with van der Waals surface area (Å²) in [6.07, 6.45) is 4.42. The number of hydrogen-bond donors (Lipinski definition) is 1. The molecule has 0 spiro atoms. The van der Waals surface area contributed by atoms with Crippen molar-refractivity contribution in [1.29, 1.82) is 0 Å². The van der Waals surface area contributed by atoms with Crippen LogP contribution in [0.5, 0.6) is 0 Å². The fourth-order valence-electron chi connectivity index (χ4n) is 3.80. The average Bonchev–Trinajstić information content (AvgIpc) is 2.70. The maximum absolute atomic E-state index is 12.6. The van der Waals surface area contributed by atoms with Crippen LogP contribution in [0.3, 0.4) is 0 Å². The molecule has 2 heterocycles. The molecule has 142 valence electrons. The first kappa shape index (κ1) is 18.7. The van der Waals surface area contributed by atoms with Crippen LogP contribution < -0.4 is 5.32 Å². The highest BCUT2D eigenvalue weighted by Crippen LogP contribution is 2.19. The number of amides is 3. The molecule has 0 unspecified atom stereocenters. The molecule has 6 nitrogen and oxygen atoms in total. The van der Waals surface area contributed by atoms with Gasteiger partial charge in [-0.2, -0.15) is 0 Å². The zero-order valence-electron chi connectivity index (χ0n) is 15.5. The van der Waals surface area contributed by atoms with Crippen molar-refractivity contribution >= 4 is 11.9 Å². The van der Waals surface area contributed by atoms with Gasteiger partial charge in [-0.1, -0.05) is 30.3 Å². The van der Waals surface area contributed by atoms with Crippen molar-refractivity contribution in [3.8, 4) is 0 Å². The number of ether oxygens (including phenoxy) is 1. The molecule has 2 aliphatic heterocycles. The van der Waals surface area contributed by atoms with Crippen LogP contribution in [0.15, 0.2) is 30.3 Å². The smallest absolute Gasteiger partial charge is 0.319 e. The summed E-state index contributed by atoms with van der Waals surface area (Å²) >= 11 is 0. The van der Waals surface area contributed by atoms with Crippen molar-refractivity contribution in [2.45, 2.75) is 44.2 Å². The minimum absolute atomic E-state index is 0.0919. The highest BCUT2D eigenvalue weighted by Gasteiger charge is 2.29. The van der Waals surface area contributed by atoms with Crippen molar-refractivity contribution in [2.24, 2.45) is 0 Å². The zero-order valence-corrected chi connectivity index (χ0v) is 15.5. The van der Waals surface area contributed by atoms with E-state index in [0.717, 1.165) is 44.3 Å². The molecular weight excluding hydrogens is 330 g/mol. The van der Waals surface area contributed by atoms with Crippen LogP contribution in [0.2, 0.25) is 0 Å². The quantitative estimate of drug-likeness (QED) is 0.899. The second-order valence-corrected chi connectivity index (χ2v) is 7.13. The third-order valence-electron chi connectivity index (χ3n) is 5.31. The Hall–Kier alpha value is -2.08. The Bertz CT molecular complexity index is 594. The molecule has 0 aliphatic carbocycles. The largest absolute Gasteiger partial charge is 0.367 e. The van der Waals surface area contributed by atoms with Gasteiger partial charge in [-0.25, -0.2) is 4.79 Å². The first-order chi connectivity index (χ1) is 12.7. The number of urea groups is 1. The van der Waals surface area contributed by atoms with E-state index in [4.69, 9.17) is 4.74 Å². The Kier molecular flexibility index (Phi) is 6.50. The standard InChI is InChI=1S/C20H29N3O3/c1-26-18(16-8-4-2-5-9-16)19(24)21-17-10-14-23(15-11-17)20(25)22-12-6-3-7-13-22/h2,4-5,8-9,17-18H,3,6-7,10-15H2,1H3,(H,21,24)/t18-/m1/s1. The van der Waals surface area contributed by atoms with Gasteiger partial charge in [0.15, 0.2) is 6.10 Å². The summed E-state index contributed by atoms with van der Waals surface area (Å²) in [7, 11) is 1.55. The van der Waals surface area contributed by atoms with E-state index in [0.29, 0.717) is 13.1 Å². The Morgan fingerprint density at radius 1 is 1.00 bits per heavy atom. The minimum atomic E-state index is -0.593. The first-order valence-corrected chi connectivity index (χ1v) is 9.61. The topological polar surface area (TPSA) is 61.9 Å². The SMILES string of the molecule is CO[C@@H](C(=O)NC1CCN(C(=O)N2CCCCC2)CC1)c1ccccc1. The van der Waals surface area contributed by atoms with Crippen LogP contribution in [-0.4, -0.2) is 61.1 Å². The van der Waals surface area contributed by atoms with E-state index in [2.05, 4.69) is 5.32 Å². The molecule has 0 radical (unpaired) electrons. The van der Waals surface area contributed by atoms with Gasteiger partial charge in [0.05, 0.1) is 0 Å². The van der Waals surface area contributed by atoms with Crippen LogP contribution in [0.4, 0.5) is 4.79 Å². The predicted molar refractivity (Wildman–Crippen MR) is 99.7 cm³/mol. The summed E-state index contributed by atoms with van der Waals surface area (Å²) in [5.41, 5.74) is 0.852. The van der Waals surface area contributed by atoms with Crippen molar-refractivity contribution in [1.82, 2.24) is 15.1 Å². The summed E-state index contributed by atoms with van der Waals surface area (Å²) in [5, 5.41) is 3.09. The van der Waals surface area contributed by atoms with E-state index in [1.54, 1.807) is 7.11 Å². The second kappa shape index (κ2) is 9.03. The number of nitrogens with zero attached hydrogens (tertiary/aromatic N) is 2. The zero-order chi connectivity index (χ0) is 18.4. The van der Waals surface area contributed by atoms with E-state index in [-0.39, 0.29) is 18.0 Å². The molecule has 3 amide bonds. The second-order valence-electron chi connectivity index (χ2n) is 7.13. The monoisotopic (exact) mass is 359 g/mol.